The average molecular weight is 332 g/mol. The number of methoxy groups -OCH3 is 1. The highest BCUT2D eigenvalue weighted by molar-refractivity contribution is 5.96. The van der Waals surface area contributed by atoms with Crippen molar-refractivity contribution in [3.63, 3.8) is 0 Å². The summed E-state index contributed by atoms with van der Waals surface area (Å²) in [4.78, 5) is 22.7. The maximum atomic E-state index is 12.7. The van der Waals surface area contributed by atoms with Gasteiger partial charge >= 0.3 is 0 Å². The number of amides is 1. The van der Waals surface area contributed by atoms with Gasteiger partial charge in [-0.1, -0.05) is 5.16 Å². The summed E-state index contributed by atoms with van der Waals surface area (Å²) >= 11 is 0. The number of rotatable bonds is 4. The molecule has 0 aromatic carbocycles. The largest absolute Gasteiger partial charge is 0.477 e. The lowest BCUT2D eigenvalue weighted by Crippen LogP contribution is -2.44. The third-order valence-electron chi connectivity index (χ3n) is 4.02. The van der Waals surface area contributed by atoms with E-state index in [-0.39, 0.29) is 12.0 Å². The van der Waals surface area contributed by atoms with Crippen molar-refractivity contribution in [2.45, 2.75) is 32.8 Å². The fourth-order valence-electron chi connectivity index (χ4n) is 2.86. The van der Waals surface area contributed by atoms with E-state index in [0.29, 0.717) is 41.9 Å². The molecule has 8 nitrogen and oxygen atoms in total. The smallest absolute Gasteiger partial charge is 0.278 e. The highest BCUT2D eigenvalue weighted by atomic mass is 16.5. The van der Waals surface area contributed by atoms with Gasteiger partial charge in [-0.2, -0.15) is 0 Å². The van der Waals surface area contributed by atoms with E-state index in [1.807, 2.05) is 0 Å². The maximum Gasteiger partial charge on any atom is 0.278 e. The molecule has 1 aliphatic heterocycles. The Kier molecular flexibility index (Phi) is 4.64. The van der Waals surface area contributed by atoms with E-state index in [2.05, 4.69) is 15.1 Å². The van der Waals surface area contributed by atoms with Crippen LogP contribution in [0.3, 0.4) is 0 Å². The van der Waals surface area contributed by atoms with Crippen LogP contribution in [0.2, 0.25) is 0 Å². The molecule has 128 valence electrons. The van der Waals surface area contributed by atoms with E-state index >= 15 is 0 Å². The molecule has 2 aromatic rings. The summed E-state index contributed by atoms with van der Waals surface area (Å²) in [7, 11) is 1.52. The van der Waals surface area contributed by atoms with Gasteiger partial charge < -0.3 is 18.9 Å². The predicted octanol–water partition coefficient (Wildman–Crippen LogP) is 1.77. The van der Waals surface area contributed by atoms with Crippen molar-refractivity contribution in [3.05, 3.63) is 29.4 Å². The summed E-state index contributed by atoms with van der Waals surface area (Å²) in [6, 6.07) is 0. The molecule has 8 heteroatoms. The van der Waals surface area contributed by atoms with Crippen LogP contribution in [-0.4, -0.2) is 52.2 Å². The van der Waals surface area contributed by atoms with Crippen LogP contribution in [0, 0.1) is 13.8 Å². The maximum absolute atomic E-state index is 12.7. The zero-order valence-electron chi connectivity index (χ0n) is 14.0. The fourth-order valence-corrected chi connectivity index (χ4v) is 2.86. The normalized spacial score (nSPS) is 17.6. The van der Waals surface area contributed by atoms with Crippen LogP contribution in [0.4, 0.5) is 0 Å². The van der Waals surface area contributed by atoms with Crippen LogP contribution < -0.4 is 9.47 Å². The van der Waals surface area contributed by atoms with Gasteiger partial charge in [0.1, 0.15) is 17.4 Å². The zero-order chi connectivity index (χ0) is 17.1. The molecule has 0 bridgehead atoms. The molecule has 3 heterocycles. The second kappa shape index (κ2) is 6.86. The average Bonchev–Trinajstić information content (AvgIpc) is 2.93. The molecule has 0 N–H and O–H groups in total. The van der Waals surface area contributed by atoms with E-state index in [0.717, 1.165) is 12.8 Å². The zero-order valence-corrected chi connectivity index (χ0v) is 14.0. The summed E-state index contributed by atoms with van der Waals surface area (Å²) < 4.78 is 16.2. The Morgan fingerprint density at radius 1 is 1.29 bits per heavy atom. The number of nitrogens with zero attached hydrogens (tertiary/aromatic N) is 4. The van der Waals surface area contributed by atoms with Gasteiger partial charge in [-0.15, -0.1) is 0 Å². The second-order valence-electron chi connectivity index (χ2n) is 5.70. The number of hydrogen-bond acceptors (Lipinski definition) is 7. The first-order valence-electron chi connectivity index (χ1n) is 7.84. The molecule has 1 fully saturated rings. The minimum absolute atomic E-state index is 0.0781. The molecule has 2 aromatic heterocycles. The van der Waals surface area contributed by atoms with Gasteiger partial charge in [0.25, 0.3) is 17.7 Å². The summed E-state index contributed by atoms with van der Waals surface area (Å²) in [5.74, 6) is 1.14. The number of ether oxygens (including phenoxy) is 2. The Bertz CT molecular complexity index is 711. The van der Waals surface area contributed by atoms with Gasteiger partial charge in [0.15, 0.2) is 0 Å². The van der Waals surface area contributed by atoms with Crippen molar-refractivity contribution in [3.8, 4) is 11.8 Å². The van der Waals surface area contributed by atoms with E-state index in [4.69, 9.17) is 14.0 Å². The molecule has 0 saturated carbocycles. The molecular formula is C16H20N4O4. The van der Waals surface area contributed by atoms with Gasteiger partial charge in [-0.05, 0) is 26.7 Å². The molecule has 0 radical (unpaired) electrons. The van der Waals surface area contributed by atoms with Gasteiger partial charge in [-0.3, -0.25) is 4.79 Å². The van der Waals surface area contributed by atoms with E-state index in [1.54, 1.807) is 31.1 Å². The Morgan fingerprint density at radius 3 is 2.71 bits per heavy atom. The van der Waals surface area contributed by atoms with Crippen LogP contribution in [0.15, 0.2) is 16.9 Å². The lowest BCUT2D eigenvalue weighted by Gasteiger charge is -2.32. The minimum Gasteiger partial charge on any atom is -0.477 e. The van der Waals surface area contributed by atoms with E-state index < -0.39 is 0 Å². The Balaban J connectivity index is 1.71. The number of aromatic nitrogens is 3. The Hall–Kier alpha value is -2.64. The first-order valence-corrected chi connectivity index (χ1v) is 7.84. The van der Waals surface area contributed by atoms with Gasteiger partial charge in [0.05, 0.1) is 19.3 Å². The number of piperidine rings is 1. The first kappa shape index (κ1) is 16.2. The number of likely N-dealkylation sites (tertiary alicyclic amines) is 1. The highest BCUT2D eigenvalue weighted by Crippen LogP contribution is 2.25. The molecule has 1 saturated heterocycles. The van der Waals surface area contributed by atoms with Crippen LogP contribution in [-0.2, 0) is 0 Å². The Morgan fingerprint density at radius 2 is 2.04 bits per heavy atom. The number of carbonyl (C=O) groups excluding carboxylic acids is 1. The van der Waals surface area contributed by atoms with Crippen LogP contribution in [0.1, 0.15) is 34.7 Å². The topological polar surface area (TPSA) is 90.6 Å². The van der Waals surface area contributed by atoms with E-state index in [1.165, 1.54) is 7.11 Å². The molecule has 0 unspecified atom stereocenters. The molecule has 1 amide bonds. The SMILES string of the molecule is COc1nccnc1O[C@@H]1CCCN(C(=O)c2c(C)noc2C)C1. The summed E-state index contributed by atoms with van der Waals surface area (Å²) in [6.07, 6.45) is 4.62. The van der Waals surface area contributed by atoms with Gasteiger partial charge in [-0.25, -0.2) is 9.97 Å². The van der Waals surface area contributed by atoms with Gasteiger partial charge in [0.2, 0.25) is 0 Å². The summed E-state index contributed by atoms with van der Waals surface area (Å²) in [5.41, 5.74) is 1.14. The third-order valence-corrected chi connectivity index (χ3v) is 4.02. The standard InChI is InChI=1S/C16H20N4O4/c1-10-13(11(2)24-19-10)16(21)20-8-4-5-12(9-20)23-15-14(22-3)17-6-7-18-15/h6-7,12H,4-5,8-9H2,1-3H3/t12-/m1/s1. The van der Waals surface area contributed by atoms with Crippen molar-refractivity contribution >= 4 is 5.91 Å². The lowest BCUT2D eigenvalue weighted by molar-refractivity contribution is 0.0517. The summed E-state index contributed by atoms with van der Waals surface area (Å²) in [5, 5.41) is 3.85. The second-order valence-corrected chi connectivity index (χ2v) is 5.70. The number of hydrogen-bond donors (Lipinski definition) is 0. The quantitative estimate of drug-likeness (QED) is 0.842. The predicted molar refractivity (Wildman–Crippen MR) is 84.1 cm³/mol. The highest BCUT2D eigenvalue weighted by Gasteiger charge is 2.29. The summed E-state index contributed by atoms with van der Waals surface area (Å²) in [6.45, 7) is 4.67. The fraction of sp³-hybridized carbons (Fsp3) is 0.500. The first-order chi connectivity index (χ1) is 11.6. The van der Waals surface area contributed by atoms with Crippen molar-refractivity contribution in [1.29, 1.82) is 0 Å². The molecule has 1 aliphatic rings. The van der Waals surface area contributed by atoms with Crippen molar-refractivity contribution in [2.75, 3.05) is 20.2 Å². The van der Waals surface area contributed by atoms with Gasteiger partial charge in [0, 0.05) is 18.9 Å². The molecule has 1 atom stereocenters. The molecule has 3 rings (SSSR count). The molecule has 0 spiro atoms. The number of aryl methyl sites for hydroxylation is 2. The monoisotopic (exact) mass is 332 g/mol. The molecule has 24 heavy (non-hydrogen) atoms. The molecular weight excluding hydrogens is 312 g/mol. The van der Waals surface area contributed by atoms with E-state index in [9.17, 15) is 4.79 Å². The minimum atomic E-state index is -0.159. The van der Waals surface area contributed by atoms with Crippen molar-refractivity contribution in [1.82, 2.24) is 20.0 Å². The third kappa shape index (κ3) is 3.17. The Labute approximate surface area is 139 Å². The van der Waals surface area contributed by atoms with Crippen LogP contribution in [0.5, 0.6) is 11.8 Å². The number of carbonyl (C=O) groups is 1. The van der Waals surface area contributed by atoms with Crippen LogP contribution in [0.25, 0.3) is 0 Å². The van der Waals surface area contributed by atoms with Crippen molar-refractivity contribution < 1.29 is 18.8 Å². The lowest BCUT2D eigenvalue weighted by atomic mass is 10.1. The van der Waals surface area contributed by atoms with Crippen LogP contribution >= 0.6 is 0 Å². The molecule has 0 aliphatic carbocycles. The van der Waals surface area contributed by atoms with Crippen molar-refractivity contribution in [2.24, 2.45) is 0 Å².